The van der Waals surface area contributed by atoms with E-state index in [0.29, 0.717) is 6.42 Å². The third-order valence-electron chi connectivity index (χ3n) is 6.93. The summed E-state index contributed by atoms with van der Waals surface area (Å²) in [6.07, 6.45) is 0.126. The molecular weight excluding hydrogens is 366 g/mol. The molecule has 0 heterocycles. The summed E-state index contributed by atoms with van der Waals surface area (Å²) in [6.45, 7) is 6.11. The van der Waals surface area contributed by atoms with Crippen LogP contribution in [-0.2, 0) is 9.53 Å². The first kappa shape index (κ1) is 19.5. The van der Waals surface area contributed by atoms with Crippen molar-refractivity contribution in [3.63, 3.8) is 0 Å². The number of amides is 1. The fraction of sp³-hybridized carbons (Fsp3) is 0.417. The summed E-state index contributed by atoms with van der Waals surface area (Å²) >= 11 is 0. The van der Waals surface area contributed by atoms with E-state index in [1.807, 2.05) is 45.0 Å². The number of rotatable bonds is 5. The molecule has 3 atom stereocenters. The molecule has 1 amide bonds. The Morgan fingerprint density at radius 1 is 1.10 bits per heavy atom. The van der Waals surface area contributed by atoms with Gasteiger partial charge in [-0.15, -0.1) is 0 Å². The van der Waals surface area contributed by atoms with E-state index >= 15 is 0 Å². The average Bonchev–Trinajstić information content (AvgIpc) is 2.99. The maximum atomic E-state index is 12.5. The zero-order valence-electron chi connectivity index (χ0n) is 17.0. The van der Waals surface area contributed by atoms with Crippen molar-refractivity contribution in [3.05, 3.63) is 59.7 Å². The Morgan fingerprint density at radius 3 is 2.17 bits per heavy atom. The van der Waals surface area contributed by atoms with E-state index in [-0.39, 0.29) is 35.8 Å². The van der Waals surface area contributed by atoms with E-state index in [1.54, 1.807) is 0 Å². The molecule has 2 aliphatic carbocycles. The van der Waals surface area contributed by atoms with Gasteiger partial charge in [-0.3, -0.25) is 4.79 Å². The number of fused-ring (bicyclic) bond motifs is 3. The summed E-state index contributed by atoms with van der Waals surface area (Å²) in [5, 5.41) is 12.2. The molecule has 2 N–H and O–H groups in total. The molecular formula is C24H27NO4. The van der Waals surface area contributed by atoms with Gasteiger partial charge in [0, 0.05) is 12.0 Å². The zero-order chi connectivity index (χ0) is 20.8. The number of nitrogens with one attached hydrogen (secondary N) is 1. The van der Waals surface area contributed by atoms with Crippen LogP contribution in [0.5, 0.6) is 0 Å². The molecule has 5 nitrogen and oxygen atoms in total. The molecule has 0 spiro atoms. The zero-order valence-corrected chi connectivity index (χ0v) is 17.0. The smallest absolute Gasteiger partial charge is 0.407 e. The first-order valence-electron chi connectivity index (χ1n) is 10.1. The number of aliphatic carboxylic acids is 1. The van der Waals surface area contributed by atoms with Crippen LogP contribution in [0.15, 0.2) is 48.5 Å². The summed E-state index contributed by atoms with van der Waals surface area (Å²) in [7, 11) is 0. The molecule has 2 aromatic carbocycles. The molecule has 0 aromatic heterocycles. The van der Waals surface area contributed by atoms with Crippen molar-refractivity contribution < 1.29 is 19.4 Å². The van der Waals surface area contributed by atoms with Gasteiger partial charge < -0.3 is 15.2 Å². The minimum Gasteiger partial charge on any atom is -0.481 e. The van der Waals surface area contributed by atoms with Gasteiger partial charge in [-0.05, 0) is 46.9 Å². The second-order valence-corrected chi connectivity index (χ2v) is 8.81. The summed E-state index contributed by atoms with van der Waals surface area (Å²) in [5.74, 6) is -0.983. The van der Waals surface area contributed by atoms with Crippen LogP contribution in [0, 0.1) is 17.3 Å². The van der Waals surface area contributed by atoms with Gasteiger partial charge in [0.15, 0.2) is 0 Å². The van der Waals surface area contributed by atoms with Gasteiger partial charge in [0.2, 0.25) is 0 Å². The molecule has 0 aliphatic heterocycles. The van der Waals surface area contributed by atoms with Crippen molar-refractivity contribution in [2.75, 3.05) is 6.61 Å². The highest BCUT2D eigenvalue weighted by atomic mass is 16.5. The summed E-state index contributed by atoms with van der Waals surface area (Å²) < 4.78 is 5.61. The number of carboxylic acids is 1. The molecule has 152 valence electrons. The number of hydrogen-bond acceptors (Lipinski definition) is 3. The van der Waals surface area contributed by atoms with E-state index in [9.17, 15) is 14.7 Å². The van der Waals surface area contributed by atoms with E-state index in [0.717, 1.165) is 0 Å². The largest absolute Gasteiger partial charge is 0.481 e. The van der Waals surface area contributed by atoms with Crippen LogP contribution in [-0.4, -0.2) is 29.8 Å². The van der Waals surface area contributed by atoms with Crippen LogP contribution < -0.4 is 5.32 Å². The molecule has 1 saturated carbocycles. The van der Waals surface area contributed by atoms with E-state index in [4.69, 9.17) is 4.74 Å². The van der Waals surface area contributed by atoms with Gasteiger partial charge in [0.25, 0.3) is 0 Å². The van der Waals surface area contributed by atoms with Gasteiger partial charge in [0.05, 0.1) is 5.92 Å². The Bertz CT molecular complexity index is 906. The SMILES string of the molecule is CC(NC(=O)OCC1c2ccccc2-c2ccccc21)[C@@H]1C[C@H](C(=O)O)C1(C)C. The quantitative estimate of drug-likeness (QED) is 0.775. The first-order chi connectivity index (χ1) is 13.8. The molecule has 1 fully saturated rings. The predicted molar refractivity (Wildman–Crippen MR) is 111 cm³/mol. The highest BCUT2D eigenvalue weighted by Crippen LogP contribution is 2.53. The number of benzene rings is 2. The van der Waals surface area contributed by atoms with Crippen molar-refractivity contribution in [2.45, 2.75) is 39.2 Å². The lowest BCUT2D eigenvalue weighted by Gasteiger charge is -2.52. The third-order valence-corrected chi connectivity index (χ3v) is 6.93. The standard InChI is InChI=1S/C24H27NO4/c1-14(20-12-21(22(26)27)24(20,2)3)25-23(28)29-13-19-17-10-6-4-8-15(17)16-9-5-7-11-18(16)19/h4-11,14,19-21H,12-13H2,1-3H3,(H,25,28)(H,26,27)/t14?,20-,21+/m0/s1. The van der Waals surface area contributed by atoms with Crippen LogP contribution in [0.3, 0.4) is 0 Å². The van der Waals surface area contributed by atoms with Crippen LogP contribution in [0.25, 0.3) is 11.1 Å². The van der Waals surface area contributed by atoms with Gasteiger partial charge >= 0.3 is 12.1 Å². The van der Waals surface area contributed by atoms with Crippen LogP contribution in [0.2, 0.25) is 0 Å². The number of carboxylic acid groups (broad SMARTS) is 1. The van der Waals surface area contributed by atoms with Gasteiger partial charge in [-0.2, -0.15) is 0 Å². The van der Waals surface area contributed by atoms with Crippen molar-refractivity contribution in [3.8, 4) is 11.1 Å². The van der Waals surface area contributed by atoms with Crippen molar-refractivity contribution in [1.29, 1.82) is 0 Å². The molecule has 0 saturated heterocycles. The van der Waals surface area contributed by atoms with Crippen LogP contribution in [0.1, 0.15) is 44.2 Å². The molecule has 29 heavy (non-hydrogen) atoms. The lowest BCUT2D eigenvalue weighted by molar-refractivity contribution is -0.160. The third kappa shape index (κ3) is 3.28. The fourth-order valence-corrected chi connectivity index (χ4v) is 5.15. The molecule has 0 radical (unpaired) electrons. The molecule has 5 heteroatoms. The Labute approximate surface area is 171 Å². The van der Waals surface area contributed by atoms with Gasteiger partial charge in [-0.1, -0.05) is 62.4 Å². The maximum absolute atomic E-state index is 12.5. The summed E-state index contributed by atoms with van der Waals surface area (Å²) in [4.78, 5) is 23.8. The average molecular weight is 393 g/mol. The number of carbonyl (C=O) groups excluding carboxylic acids is 1. The Kier molecular flexibility index (Phi) is 4.85. The fourth-order valence-electron chi connectivity index (χ4n) is 5.15. The minimum atomic E-state index is -0.764. The van der Waals surface area contributed by atoms with Gasteiger partial charge in [0.1, 0.15) is 6.61 Å². The van der Waals surface area contributed by atoms with E-state index < -0.39 is 12.1 Å². The second kappa shape index (κ2) is 7.21. The van der Waals surface area contributed by atoms with Crippen LogP contribution >= 0.6 is 0 Å². The minimum absolute atomic E-state index is 0.0278. The second-order valence-electron chi connectivity index (χ2n) is 8.81. The van der Waals surface area contributed by atoms with E-state index in [2.05, 4.69) is 29.6 Å². The normalized spacial score (nSPS) is 22.7. The molecule has 0 bridgehead atoms. The van der Waals surface area contributed by atoms with Crippen molar-refractivity contribution >= 4 is 12.1 Å². The highest BCUT2D eigenvalue weighted by Gasteiger charge is 2.54. The van der Waals surface area contributed by atoms with Crippen LogP contribution in [0.4, 0.5) is 4.79 Å². The van der Waals surface area contributed by atoms with Crippen molar-refractivity contribution in [2.24, 2.45) is 17.3 Å². The highest BCUT2D eigenvalue weighted by molar-refractivity contribution is 5.79. The Balaban J connectivity index is 1.39. The Morgan fingerprint density at radius 2 is 1.66 bits per heavy atom. The molecule has 4 rings (SSSR count). The lowest BCUT2D eigenvalue weighted by atomic mass is 9.53. The number of ether oxygens (including phenoxy) is 1. The maximum Gasteiger partial charge on any atom is 0.407 e. The summed E-state index contributed by atoms with van der Waals surface area (Å²) in [6, 6.07) is 16.3. The molecule has 1 unspecified atom stereocenters. The number of alkyl carbamates (subject to hydrolysis) is 1. The van der Waals surface area contributed by atoms with Crippen molar-refractivity contribution in [1.82, 2.24) is 5.32 Å². The molecule has 2 aliphatic rings. The monoisotopic (exact) mass is 393 g/mol. The lowest BCUT2D eigenvalue weighted by Crippen LogP contribution is -2.56. The predicted octanol–water partition coefficient (Wildman–Crippen LogP) is 4.66. The number of hydrogen-bond donors (Lipinski definition) is 2. The topological polar surface area (TPSA) is 75.6 Å². The summed E-state index contributed by atoms with van der Waals surface area (Å²) in [5.41, 5.74) is 4.41. The Hall–Kier alpha value is -2.82. The van der Waals surface area contributed by atoms with Gasteiger partial charge in [-0.25, -0.2) is 4.79 Å². The number of carbonyl (C=O) groups is 2. The molecule has 2 aromatic rings. The first-order valence-corrected chi connectivity index (χ1v) is 10.1. The van der Waals surface area contributed by atoms with E-state index in [1.165, 1.54) is 22.3 Å².